The molecule has 1 aromatic heterocycles. The first-order valence-corrected chi connectivity index (χ1v) is 9.18. The topological polar surface area (TPSA) is 53.5 Å². The molecule has 2 amide bonds. The molecule has 0 bridgehead atoms. The van der Waals surface area contributed by atoms with Gasteiger partial charge in [-0.15, -0.1) is 0 Å². The van der Waals surface area contributed by atoms with Crippen LogP contribution in [0, 0.1) is 17.2 Å². The standard InChI is InChI=1S/C21H22FN3O2/c1-24(13-17-4-2-3-10-23-17)20(27)18-12-21(18)9-11-25(14-21)19(26)15-5-7-16(22)8-6-15/h2-8,10,18H,9,11-14H2,1H3/t18-,21-/m0/s1. The number of amides is 2. The fourth-order valence-electron chi connectivity index (χ4n) is 4.07. The van der Waals surface area contributed by atoms with Crippen molar-refractivity contribution in [3.05, 3.63) is 65.7 Å². The molecule has 140 valence electrons. The first-order chi connectivity index (χ1) is 13.0. The third-order valence-electron chi connectivity index (χ3n) is 5.75. The maximum atomic E-state index is 13.1. The molecule has 2 fully saturated rings. The summed E-state index contributed by atoms with van der Waals surface area (Å²) in [6, 6.07) is 11.3. The fourth-order valence-corrected chi connectivity index (χ4v) is 4.07. The van der Waals surface area contributed by atoms with Gasteiger partial charge in [-0.2, -0.15) is 0 Å². The minimum absolute atomic E-state index is 0.0303. The minimum atomic E-state index is -0.353. The number of aromatic nitrogens is 1. The van der Waals surface area contributed by atoms with E-state index < -0.39 is 0 Å². The highest BCUT2D eigenvalue weighted by atomic mass is 19.1. The van der Waals surface area contributed by atoms with E-state index in [1.807, 2.05) is 18.2 Å². The number of carbonyl (C=O) groups is 2. The van der Waals surface area contributed by atoms with Gasteiger partial charge in [-0.05, 0) is 49.2 Å². The van der Waals surface area contributed by atoms with Crippen LogP contribution in [0.3, 0.4) is 0 Å². The molecular formula is C21H22FN3O2. The van der Waals surface area contributed by atoms with Crippen molar-refractivity contribution in [2.75, 3.05) is 20.1 Å². The maximum Gasteiger partial charge on any atom is 0.253 e. The van der Waals surface area contributed by atoms with E-state index in [2.05, 4.69) is 4.98 Å². The summed E-state index contributed by atoms with van der Waals surface area (Å²) in [5.41, 5.74) is 1.26. The number of pyridine rings is 1. The van der Waals surface area contributed by atoms with Gasteiger partial charge in [0.15, 0.2) is 0 Å². The Labute approximate surface area is 157 Å². The van der Waals surface area contributed by atoms with E-state index in [1.54, 1.807) is 23.0 Å². The maximum absolute atomic E-state index is 13.1. The Hall–Kier alpha value is -2.76. The molecule has 5 nitrogen and oxygen atoms in total. The van der Waals surface area contributed by atoms with E-state index in [0.717, 1.165) is 18.5 Å². The van der Waals surface area contributed by atoms with E-state index >= 15 is 0 Å². The van der Waals surface area contributed by atoms with Crippen LogP contribution in [0.15, 0.2) is 48.7 Å². The summed E-state index contributed by atoms with van der Waals surface area (Å²) >= 11 is 0. The van der Waals surface area contributed by atoms with Crippen LogP contribution in [0.4, 0.5) is 4.39 Å². The Bertz CT molecular complexity index is 855. The number of nitrogens with zero attached hydrogens (tertiary/aromatic N) is 3. The van der Waals surface area contributed by atoms with Crippen molar-refractivity contribution in [3.63, 3.8) is 0 Å². The van der Waals surface area contributed by atoms with Gasteiger partial charge in [-0.1, -0.05) is 6.07 Å². The molecule has 1 saturated carbocycles. The number of carbonyl (C=O) groups excluding carboxylic acids is 2. The minimum Gasteiger partial charge on any atom is -0.340 e. The number of likely N-dealkylation sites (tertiary alicyclic amines) is 1. The Kier molecular flexibility index (Phi) is 4.42. The van der Waals surface area contributed by atoms with Gasteiger partial charge in [0.25, 0.3) is 5.91 Å². The Balaban J connectivity index is 1.37. The summed E-state index contributed by atoms with van der Waals surface area (Å²) in [4.78, 5) is 33.2. The first-order valence-electron chi connectivity index (χ1n) is 9.18. The highest BCUT2D eigenvalue weighted by molar-refractivity contribution is 5.94. The third-order valence-corrected chi connectivity index (χ3v) is 5.75. The second kappa shape index (κ2) is 6.76. The molecule has 2 aromatic rings. The summed E-state index contributed by atoms with van der Waals surface area (Å²) in [6.07, 6.45) is 3.39. The van der Waals surface area contributed by atoms with E-state index in [0.29, 0.717) is 25.2 Å². The lowest BCUT2D eigenvalue weighted by atomic mass is 10.0. The van der Waals surface area contributed by atoms with Crippen molar-refractivity contribution >= 4 is 11.8 Å². The summed E-state index contributed by atoms with van der Waals surface area (Å²) in [5.74, 6) is -0.353. The molecule has 1 aromatic carbocycles. The number of hydrogen-bond donors (Lipinski definition) is 0. The fraction of sp³-hybridized carbons (Fsp3) is 0.381. The average Bonchev–Trinajstić information content (AvgIpc) is 3.21. The molecule has 1 saturated heterocycles. The summed E-state index contributed by atoms with van der Waals surface area (Å²) in [5, 5.41) is 0. The van der Waals surface area contributed by atoms with E-state index in [-0.39, 0.29) is 29.0 Å². The van der Waals surface area contributed by atoms with Crippen LogP contribution in [-0.2, 0) is 11.3 Å². The Morgan fingerprint density at radius 3 is 2.74 bits per heavy atom. The van der Waals surface area contributed by atoms with Gasteiger partial charge in [0.2, 0.25) is 5.91 Å². The second-order valence-electron chi connectivity index (χ2n) is 7.62. The molecule has 2 atom stereocenters. The molecule has 2 heterocycles. The lowest BCUT2D eigenvalue weighted by molar-refractivity contribution is -0.132. The normalized spacial score (nSPS) is 23.5. The molecule has 1 spiro atoms. The SMILES string of the molecule is CN(Cc1ccccn1)C(=O)[C@@H]1C[C@]12CCN(C(=O)c1ccc(F)cc1)C2. The van der Waals surface area contributed by atoms with E-state index in [1.165, 1.54) is 24.3 Å². The number of hydrogen-bond acceptors (Lipinski definition) is 3. The lowest BCUT2D eigenvalue weighted by Gasteiger charge is -2.19. The van der Waals surface area contributed by atoms with Crippen LogP contribution in [-0.4, -0.2) is 46.7 Å². The summed E-state index contributed by atoms with van der Waals surface area (Å²) < 4.78 is 13.1. The molecular weight excluding hydrogens is 345 g/mol. The van der Waals surface area contributed by atoms with Crippen LogP contribution in [0.25, 0.3) is 0 Å². The summed E-state index contributed by atoms with van der Waals surface area (Å²) in [6.45, 7) is 1.73. The van der Waals surface area contributed by atoms with Crippen LogP contribution >= 0.6 is 0 Å². The largest absolute Gasteiger partial charge is 0.340 e. The van der Waals surface area contributed by atoms with Crippen molar-refractivity contribution in [1.82, 2.24) is 14.8 Å². The quantitative estimate of drug-likeness (QED) is 0.835. The van der Waals surface area contributed by atoms with Crippen molar-refractivity contribution in [1.29, 1.82) is 0 Å². The van der Waals surface area contributed by atoms with Crippen molar-refractivity contribution in [2.45, 2.75) is 19.4 Å². The van der Waals surface area contributed by atoms with Crippen LogP contribution in [0.5, 0.6) is 0 Å². The molecule has 6 heteroatoms. The Morgan fingerprint density at radius 2 is 2.04 bits per heavy atom. The van der Waals surface area contributed by atoms with Gasteiger partial charge in [0.1, 0.15) is 5.82 Å². The monoisotopic (exact) mass is 367 g/mol. The summed E-state index contributed by atoms with van der Waals surface area (Å²) in [7, 11) is 1.80. The highest BCUT2D eigenvalue weighted by Crippen LogP contribution is 2.59. The number of benzene rings is 1. The number of rotatable bonds is 4. The molecule has 0 N–H and O–H groups in total. The van der Waals surface area contributed by atoms with Gasteiger partial charge in [-0.3, -0.25) is 14.6 Å². The highest BCUT2D eigenvalue weighted by Gasteiger charge is 2.61. The van der Waals surface area contributed by atoms with Crippen molar-refractivity contribution < 1.29 is 14.0 Å². The van der Waals surface area contributed by atoms with E-state index in [4.69, 9.17) is 0 Å². The van der Waals surface area contributed by atoms with Crippen LogP contribution in [0.2, 0.25) is 0 Å². The molecule has 2 aliphatic rings. The van der Waals surface area contributed by atoms with Gasteiger partial charge in [0.05, 0.1) is 12.2 Å². The van der Waals surface area contributed by atoms with Gasteiger partial charge < -0.3 is 9.80 Å². The average molecular weight is 367 g/mol. The third kappa shape index (κ3) is 3.44. The van der Waals surface area contributed by atoms with Gasteiger partial charge >= 0.3 is 0 Å². The van der Waals surface area contributed by atoms with Crippen LogP contribution < -0.4 is 0 Å². The molecule has 0 radical (unpaired) electrons. The zero-order valence-corrected chi connectivity index (χ0v) is 15.3. The molecule has 1 aliphatic carbocycles. The van der Waals surface area contributed by atoms with E-state index in [9.17, 15) is 14.0 Å². The molecule has 4 rings (SSSR count). The zero-order valence-electron chi connectivity index (χ0n) is 15.3. The number of halogens is 1. The smallest absolute Gasteiger partial charge is 0.253 e. The molecule has 1 aliphatic heterocycles. The second-order valence-corrected chi connectivity index (χ2v) is 7.62. The first kappa shape index (κ1) is 17.6. The molecule has 27 heavy (non-hydrogen) atoms. The van der Waals surface area contributed by atoms with Crippen LogP contribution in [0.1, 0.15) is 28.9 Å². The van der Waals surface area contributed by atoms with Crippen molar-refractivity contribution in [3.8, 4) is 0 Å². The van der Waals surface area contributed by atoms with Crippen molar-refractivity contribution in [2.24, 2.45) is 11.3 Å². The zero-order chi connectivity index (χ0) is 19.0. The van der Waals surface area contributed by atoms with Gasteiger partial charge in [-0.25, -0.2) is 4.39 Å². The van der Waals surface area contributed by atoms with Gasteiger partial charge in [0, 0.05) is 43.2 Å². The predicted molar refractivity (Wildman–Crippen MR) is 98.2 cm³/mol. The molecule has 0 unspecified atom stereocenters. The Morgan fingerprint density at radius 1 is 1.26 bits per heavy atom. The lowest BCUT2D eigenvalue weighted by Crippen LogP contribution is -2.32. The predicted octanol–water partition coefficient (Wildman–Crippen LogP) is 2.73.